The SMILES string of the molecule is CCCC[C@H](N)c1nc(CCC(F)(F)F)no1. The second-order valence-electron chi connectivity index (χ2n) is 3.91. The monoisotopic (exact) mass is 251 g/mol. The number of unbranched alkanes of at least 4 members (excludes halogenated alkanes) is 1. The number of aromatic nitrogens is 2. The number of alkyl halides is 3. The van der Waals surface area contributed by atoms with Crippen LogP contribution in [0.2, 0.25) is 0 Å². The number of nitrogens with zero attached hydrogens (tertiary/aromatic N) is 2. The van der Waals surface area contributed by atoms with Crippen LogP contribution in [0.15, 0.2) is 4.52 Å². The van der Waals surface area contributed by atoms with Crippen molar-refractivity contribution in [3.8, 4) is 0 Å². The Balaban J connectivity index is 2.47. The van der Waals surface area contributed by atoms with Crippen molar-refractivity contribution < 1.29 is 17.7 Å². The van der Waals surface area contributed by atoms with E-state index in [1.165, 1.54) is 0 Å². The Labute approximate surface area is 97.4 Å². The Bertz CT molecular complexity index is 338. The third-order valence-corrected chi connectivity index (χ3v) is 2.30. The molecule has 0 aromatic carbocycles. The molecule has 1 heterocycles. The van der Waals surface area contributed by atoms with Gasteiger partial charge in [0.2, 0.25) is 5.89 Å². The van der Waals surface area contributed by atoms with Crippen LogP contribution >= 0.6 is 0 Å². The van der Waals surface area contributed by atoms with E-state index in [1.54, 1.807) is 0 Å². The van der Waals surface area contributed by atoms with Gasteiger partial charge >= 0.3 is 6.18 Å². The van der Waals surface area contributed by atoms with Crippen LogP contribution in [0.4, 0.5) is 13.2 Å². The molecule has 0 aliphatic heterocycles. The fourth-order valence-corrected chi connectivity index (χ4v) is 1.32. The van der Waals surface area contributed by atoms with E-state index in [-0.39, 0.29) is 24.2 Å². The Morgan fingerprint density at radius 1 is 1.41 bits per heavy atom. The van der Waals surface area contributed by atoms with Crippen molar-refractivity contribution in [3.05, 3.63) is 11.7 Å². The number of nitrogens with two attached hydrogens (primary N) is 1. The van der Waals surface area contributed by atoms with Gasteiger partial charge in [0.25, 0.3) is 0 Å². The van der Waals surface area contributed by atoms with Crippen LogP contribution in [0, 0.1) is 0 Å². The molecule has 1 aromatic heterocycles. The Morgan fingerprint density at radius 2 is 2.12 bits per heavy atom. The second-order valence-corrected chi connectivity index (χ2v) is 3.91. The van der Waals surface area contributed by atoms with Gasteiger partial charge < -0.3 is 10.3 Å². The van der Waals surface area contributed by atoms with Gasteiger partial charge in [-0.15, -0.1) is 0 Å². The summed E-state index contributed by atoms with van der Waals surface area (Å²) in [6, 6.07) is -0.387. The highest BCUT2D eigenvalue weighted by molar-refractivity contribution is 4.92. The first-order chi connectivity index (χ1) is 7.92. The predicted octanol–water partition coefficient (Wildman–Crippen LogP) is 2.75. The molecule has 1 rings (SSSR count). The smallest absolute Gasteiger partial charge is 0.338 e. The summed E-state index contributed by atoms with van der Waals surface area (Å²) in [4.78, 5) is 3.86. The van der Waals surface area contributed by atoms with Gasteiger partial charge in [0.05, 0.1) is 12.5 Å². The largest absolute Gasteiger partial charge is 0.389 e. The summed E-state index contributed by atoms with van der Waals surface area (Å²) in [6.07, 6.45) is -2.82. The van der Waals surface area contributed by atoms with E-state index in [4.69, 9.17) is 10.3 Å². The van der Waals surface area contributed by atoms with Crippen molar-refractivity contribution in [2.45, 2.75) is 51.2 Å². The Hall–Kier alpha value is -1.11. The van der Waals surface area contributed by atoms with E-state index < -0.39 is 12.6 Å². The van der Waals surface area contributed by atoms with Crippen LogP contribution in [0.5, 0.6) is 0 Å². The lowest BCUT2D eigenvalue weighted by Gasteiger charge is -2.04. The molecule has 0 aliphatic rings. The molecule has 4 nitrogen and oxygen atoms in total. The minimum absolute atomic E-state index is 0.0595. The molecule has 1 aromatic rings. The van der Waals surface area contributed by atoms with Gasteiger partial charge in [0, 0.05) is 6.42 Å². The third kappa shape index (κ3) is 5.16. The standard InChI is InChI=1S/C10H16F3N3O/c1-2-3-4-7(14)9-15-8(16-17-9)5-6-10(11,12)13/h7H,2-6,14H2,1H3/t7-/m0/s1. The molecule has 0 amide bonds. The van der Waals surface area contributed by atoms with Gasteiger partial charge in [0.15, 0.2) is 5.82 Å². The molecule has 0 bridgehead atoms. The number of hydrogen-bond acceptors (Lipinski definition) is 4. The Kier molecular flexibility index (Phi) is 4.92. The van der Waals surface area contributed by atoms with Crippen LogP contribution in [-0.4, -0.2) is 16.3 Å². The molecule has 0 spiro atoms. The van der Waals surface area contributed by atoms with Crippen molar-refractivity contribution in [2.24, 2.45) is 5.73 Å². The average Bonchev–Trinajstić information content (AvgIpc) is 2.70. The quantitative estimate of drug-likeness (QED) is 0.844. The van der Waals surface area contributed by atoms with E-state index in [9.17, 15) is 13.2 Å². The van der Waals surface area contributed by atoms with E-state index >= 15 is 0 Å². The number of rotatable bonds is 6. The maximum Gasteiger partial charge on any atom is 0.389 e. The molecule has 0 unspecified atom stereocenters. The van der Waals surface area contributed by atoms with Gasteiger partial charge in [-0.1, -0.05) is 24.9 Å². The molecular weight excluding hydrogens is 235 g/mol. The maximum atomic E-state index is 12.0. The molecule has 2 N–H and O–H groups in total. The third-order valence-electron chi connectivity index (χ3n) is 2.30. The molecular formula is C10H16F3N3O. The fourth-order valence-electron chi connectivity index (χ4n) is 1.32. The van der Waals surface area contributed by atoms with E-state index in [2.05, 4.69) is 10.1 Å². The minimum atomic E-state index is -4.20. The van der Waals surface area contributed by atoms with Gasteiger partial charge in [0.1, 0.15) is 0 Å². The number of aryl methyl sites for hydroxylation is 1. The van der Waals surface area contributed by atoms with Gasteiger partial charge in [-0.3, -0.25) is 0 Å². The zero-order valence-electron chi connectivity index (χ0n) is 9.63. The normalized spacial score (nSPS) is 13.9. The van der Waals surface area contributed by atoms with E-state index in [0.29, 0.717) is 6.42 Å². The van der Waals surface area contributed by atoms with Crippen molar-refractivity contribution in [2.75, 3.05) is 0 Å². The van der Waals surface area contributed by atoms with Crippen molar-refractivity contribution >= 4 is 0 Å². The van der Waals surface area contributed by atoms with Crippen LogP contribution in [0.3, 0.4) is 0 Å². The first kappa shape index (κ1) is 14.0. The van der Waals surface area contributed by atoms with E-state index in [0.717, 1.165) is 12.8 Å². The second kappa shape index (κ2) is 6.00. The molecule has 7 heteroatoms. The zero-order chi connectivity index (χ0) is 12.9. The molecule has 0 saturated heterocycles. The van der Waals surface area contributed by atoms with Gasteiger partial charge in [-0.05, 0) is 6.42 Å². The van der Waals surface area contributed by atoms with Crippen molar-refractivity contribution in [3.63, 3.8) is 0 Å². The molecule has 0 aliphatic carbocycles. The Morgan fingerprint density at radius 3 is 2.71 bits per heavy atom. The molecule has 17 heavy (non-hydrogen) atoms. The van der Waals surface area contributed by atoms with Crippen LogP contribution in [-0.2, 0) is 6.42 Å². The van der Waals surface area contributed by atoms with Crippen molar-refractivity contribution in [1.29, 1.82) is 0 Å². The van der Waals surface area contributed by atoms with Crippen molar-refractivity contribution in [1.82, 2.24) is 10.1 Å². The zero-order valence-corrected chi connectivity index (χ0v) is 9.63. The van der Waals surface area contributed by atoms with Crippen LogP contribution in [0.1, 0.15) is 50.4 Å². The van der Waals surface area contributed by atoms with Crippen LogP contribution < -0.4 is 5.73 Å². The first-order valence-corrected chi connectivity index (χ1v) is 5.57. The maximum absolute atomic E-state index is 12.0. The van der Waals surface area contributed by atoms with Gasteiger partial charge in [-0.25, -0.2) is 0 Å². The highest BCUT2D eigenvalue weighted by Crippen LogP contribution is 2.22. The lowest BCUT2D eigenvalue weighted by molar-refractivity contribution is -0.134. The first-order valence-electron chi connectivity index (χ1n) is 5.57. The predicted molar refractivity (Wildman–Crippen MR) is 55.1 cm³/mol. The lowest BCUT2D eigenvalue weighted by atomic mass is 10.1. The number of hydrogen-bond donors (Lipinski definition) is 1. The highest BCUT2D eigenvalue weighted by Gasteiger charge is 2.27. The average molecular weight is 251 g/mol. The van der Waals surface area contributed by atoms with Crippen LogP contribution in [0.25, 0.3) is 0 Å². The molecule has 0 saturated carbocycles. The topological polar surface area (TPSA) is 64.9 Å². The minimum Gasteiger partial charge on any atom is -0.338 e. The summed E-state index contributed by atoms with van der Waals surface area (Å²) in [6.45, 7) is 2.02. The fraction of sp³-hybridized carbons (Fsp3) is 0.800. The summed E-state index contributed by atoms with van der Waals surface area (Å²) in [5, 5.41) is 3.48. The summed E-state index contributed by atoms with van der Waals surface area (Å²) >= 11 is 0. The summed E-state index contributed by atoms with van der Waals surface area (Å²) in [5.41, 5.74) is 5.76. The summed E-state index contributed by atoms with van der Waals surface area (Å²) < 4.78 is 40.7. The van der Waals surface area contributed by atoms with Gasteiger partial charge in [-0.2, -0.15) is 18.2 Å². The van der Waals surface area contributed by atoms with E-state index in [1.807, 2.05) is 6.92 Å². The molecule has 98 valence electrons. The molecule has 1 atom stereocenters. The lowest BCUT2D eigenvalue weighted by Crippen LogP contribution is -2.11. The summed E-state index contributed by atoms with van der Waals surface area (Å²) in [5.74, 6) is 0.278. The number of halogens is 3. The molecule has 0 fully saturated rings. The summed E-state index contributed by atoms with van der Waals surface area (Å²) in [7, 11) is 0. The highest BCUT2D eigenvalue weighted by atomic mass is 19.4. The molecule has 0 radical (unpaired) electrons.